The van der Waals surface area contributed by atoms with E-state index in [2.05, 4.69) is 29.4 Å². The molecule has 0 radical (unpaired) electrons. The fourth-order valence-electron chi connectivity index (χ4n) is 1.75. The minimum absolute atomic E-state index is 0.981. The second-order valence-corrected chi connectivity index (χ2v) is 4.11. The highest BCUT2D eigenvalue weighted by Crippen LogP contribution is 2.05. The van der Waals surface area contributed by atoms with Crippen LogP contribution in [-0.2, 0) is 0 Å². The molecule has 86 valence electrons. The first-order valence-electron chi connectivity index (χ1n) is 6.35. The van der Waals surface area contributed by atoms with Crippen LogP contribution in [0.15, 0.2) is 17.1 Å². The number of unbranched alkanes of at least 4 members (excludes halogenated alkanes) is 4. The van der Waals surface area contributed by atoms with Crippen molar-refractivity contribution in [2.24, 2.45) is 4.99 Å². The van der Waals surface area contributed by atoms with Gasteiger partial charge in [0.05, 0.1) is 12.4 Å². The van der Waals surface area contributed by atoms with Crippen molar-refractivity contribution in [2.45, 2.75) is 51.9 Å². The van der Waals surface area contributed by atoms with E-state index in [1.165, 1.54) is 44.4 Å². The van der Waals surface area contributed by atoms with Crippen molar-refractivity contribution in [1.82, 2.24) is 5.32 Å². The van der Waals surface area contributed by atoms with E-state index in [0.717, 1.165) is 19.5 Å². The summed E-state index contributed by atoms with van der Waals surface area (Å²) in [6.07, 6.45) is 13.5. The van der Waals surface area contributed by atoms with Gasteiger partial charge in [0.1, 0.15) is 0 Å². The quantitative estimate of drug-likeness (QED) is 0.480. The molecule has 0 saturated carbocycles. The molecule has 1 aliphatic rings. The third-order valence-corrected chi connectivity index (χ3v) is 2.65. The summed E-state index contributed by atoms with van der Waals surface area (Å²) in [7, 11) is 0. The van der Waals surface area contributed by atoms with E-state index < -0.39 is 0 Å². The Balaban J connectivity index is 1.84. The van der Waals surface area contributed by atoms with Crippen molar-refractivity contribution in [3.63, 3.8) is 0 Å². The van der Waals surface area contributed by atoms with E-state index in [4.69, 9.17) is 0 Å². The largest absolute Gasteiger partial charge is 0.372 e. The van der Waals surface area contributed by atoms with Gasteiger partial charge in [0.15, 0.2) is 0 Å². The first-order valence-corrected chi connectivity index (χ1v) is 6.35. The third-order valence-electron chi connectivity index (χ3n) is 2.65. The van der Waals surface area contributed by atoms with Gasteiger partial charge in [-0.3, -0.25) is 4.99 Å². The lowest BCUT2D eigenvalue weighted by atomic mass is 10.1. The first-order chi connectivity index (χ1) is 7.43. The maximum Gasteiger partial charge on any atom is 0.0964 e. The zero-order valence-corrected chi connectivity index (χ0v) is 9.97. The highest BCUT2D eigenvalue weighted by Gasteiger charge is 2.02. The molecule has 0 aliphatic carbocycles. The number of aliphatic imine (C=N–C) groups is 1. The van der Waals surface area contributed by atoms with Crippen LogP contribution < -0.4 is 5.32 Å². The minimum Gasteiger partial charge on any atom is -0.372 e. The number of nitrogens with zero attached hydrogens (tertiary/aromatic N) is 1. The molecule has 0 saturated heterocycles. The normalized spacial score (nSPS) is 15.7. The lowest BCUT2D eigenvalue weighted by Gasteiger charge is -2.00. The van der Waals surface area contributed by atoms with Crippen molar-refractivity contribution in [2.75, 3.05) is 13.1 Å². The van der Waals surface area contributed by atoms with Gasteiger partial charge in [-0.1, -0.05) is 31.9 Å². The van der Waals surface area contributed by atoms with Crippen molar-refractivity contribution in [3.05, 3.63) is 12.2 Å². The van der Waals surface area contributed by atoms with E-state index in [-0.39, 0.29) is 0 Å². The summed E-state index contributed by atoms with van der Waals surface area (Å²) in [5, 5.41) is 3.31. The third kappa shape index (κ3) is 6.32. The molecule has 2 heteroatoms. The van der Waals surface area contributed by atoms with Gasteiger partial charge < -0.3 is 5.32 Å². The van der Waals surface area contributed by atoms with Crippen LogP contribution >= 0.6 is 0 Å². The van der Waals surface area contributed by atoms with Gasteiger partial charge >= 0.3 is 0 Å². The molecule has 0 bridgehead atoms. The molecule has 0 amide bonds. The van der Waals surface area contributed by atoms with E-state index in [1.807, 2.05) is 0 Å². The number of rotatable bonds is 8. The van der Waals surface area contributed by atoms with Gasteiger partial charge in [-0.15, -0.1) is 0 Å². The number of allylic oxidation sites excluding steroid dienone is 2. The highest BCUT2D eigenvalue weighted by molar-refractivity contribution is 5.83. The Kier molecular flexibility index (Phi) is 6.97. The van der Waals surface area contributed by atoms with Gasteiger partial charge in [-0.25, -0.2) is 0 Å². The number of hydrogen-bond donors (Lipinski definition) is 1. The number of nitrogens with one attached hydrogen (secondary N) is 1. The molecule has 1 rings (SSSR count). The molecule has 0 aromatic carbocycles. The number of hydrogen-bond acceptors (Lipinski definition) is 2. The summed E-state index contributed by atoms with van der Waals surface area (Å²) < 4.78 is 0. The lowest BCUT2D eigenvalue weighted by molar-refractivity contribution is 0.700. The van der Waals surface area contributed by atoms with Crippen LogP contribution in [0, 0.1) is 0 Å². The fourth-order valence-corrected chi connectivity index (χ4v) is 1.75. The Labute approximate surface area is 93.9 Å². The molecule has 0 aromatic heterocycles. The Hall–Kier alpha value is -0.790. The summed E-state index contributed by atoms with van der Waals surface area (Å²) in [6.45, 7) is 4.25. The van der Waals surface area contributed by atoms with Gasteiger partial charge in [-0.05, 0) is 25.7 Å². The van der Waals surface area contributed by atoms with Crippen molar-refractivity contribution in [3.8, 4) is 0 Å². The van der Waals surface area contributed by atoms with Crippen molar-refractivity contribution in [1.29, 1.82) is 0 Å². The van der Waals surface area contributed by atoms with E-state index in [1.54, 1.807) is 0 Å². The van der Waals surface area contributed by atoms with Crippen LogP contribution in [0.2, 0.25) is 0 Å². The second kappa shape index (κ2) is 8.51. The van der Waals surface area contributed by atoms with Gasteiger partial charge in [-0.2, -0.15) is 0 Å². The fraction of sp³-hybridized carbons (Fsp3) is 0.769. The molecule has 1 N–H and O–H groups in total. The van der Waals surface area contributed by atoms with E-state index in [9.17, 15) is 0 Å². The second-order valence-electron chi connectivity index (χ2n) is 4.11. The highest BCUT2D eigenvalue weighted by atomic mass is 15.1. The molecule has 2 nitrogen and oxygen atoms in total. The average Bonchev–Trinajstić information content (AvgIpc) is 2.75. The maximum absolute atomic E-state index is 4.39. The zero-order valence-electron chi connectivity index (χ0n) is 9.97. The Morgan fingerprint density at radius 2 is 2.07 bits per heavy atom. The monoisotopic (exact) mass is 208 g/mol. The first kappa shape index (κ1) is 12.3. The van der Waals surface area contributed by atoms with Gasteiger partial charge in [0, 0.05) is 13.0 Å². The van der Waals surface area contributed by atoms with Gasteiger partial charge in [0.2, 0.25) is 0 Å². The molecular formula is C13H24N2. The standard InChI is InChI=1S/C13H24N2/c1-2-3-4-5-6-7-8-9-10-13-14-11-12-15-13/h4-5H,2-3,6-12H2,1H3,(H,14,15)/b5-4+. The molecule has 0 spiro atoms. The average molecular weight is 208 g/mol. The summed E-state index contributed by atoms with van der Waals surface area (Å²) >= 11 is 0. The van der Waals surface area contributed by atoms with Crippen LogP contribution in [0.4, 0.5) is 0 Å². The molecule has 0 fully saturated rings. The van der Waals surface area contributed by atoms with Crippen molar-refractivity contribution >= 4 is 5.84 Å². The molecular weight excluding hydrogens is 184 g/mol. The van der Waals surface area contributed by atoms with Crippen LogP contribution in [0.1, 0.15) is 51.9 Å². The molecule has 0 aromatic rings. The van der Waals surface area contributed by atoms with E-state index >= 15 is 0 Å². The summed E-state index contributed by atoms with van der Waals surface area (Å²) in [5.41, 5.74) is 0. The van der Waals surface area contributed by atoms with Crippen LogP contribution in [0.25, 0.3) is 0 Å². The Bertz CT molecular complexity index is 207. The Morgan fingerprint density at radius 1 is 1.20 bits per heavy atom. The van der Waals surface area contributed by atoms with Crippen LogP contribution in [0.5, 0.6) is 0 Å². The molecule has 1 aliphatic heterocycles. The molecule has 0 unspecified atom stereocenters. The summed E-state index contributed by atoms with van der Waals surface area (Å²) in [4.78, 5) is 4.39. The summed E-state index contributed by atoms with van der Waals surface area (Å²) in [5.74, 6) is 1.23. The SMILES string of the molecule is CCC/C=C/CCCCCC1=NCCN1. The lowest BCUT2D eigenvalue weighted by Crippen LogP contribution is -2.17. The predicted molar refractivity (Wildman–Crippen MR) is 67.4 cm³/mol. The molecule has 15 heavy (non-hydrogen) atoms. The zero-order chi connectivity index (χ0) is 10.8. The molecule has 0 atom stereocenters. The van der Waals surface area contributed by atoms with Gasteiger partial charge in [0.25, 0.3) is 0 Å². The topological polar surface area (TPSA) is 24.4 Å². The smallest absolute Gasteiger partial charge is 0.0964 e. The van der Waals surface area contributed by atoms with Crippen LogP contribution in [0.3, 0.4) is 0 Å². The minimum atomic E-state index is 0.981. The Morgan fingerprint density at radius 3 is 2.80 bits per heavy atom. The van der Waals surface area contributed by atoms with Crippen molar-refractivity contribution < 1.29 is 0 Å². The maximum atomic E-state index is 4.39. The summed E-state index contributed by atoms with van der Waals surface area (Å²) in [6, 6.07) is 0. The predicted octanol–water partition coefficient (Wildman–Crippen LogP) is 3.29. The molecule has 1 heterocycles. The van der Waals surface area contributed by atoms with Crippen LogP contribution in [-0.4, -0.2) is 18.9 Å². The number of amidine groups is 1. The van der Waals surface area contributed by atoms with E-state index in [0.29, 0.717) is 0 Å².